The van der Waals surface area contributed by atoms with Gasteiger partial charge in [-0.25, -0.2) is 9.59 Å². The van der Waals surface area contributed by atoms with Gasteiger partial charge in [-0.05, 0) is 66.1 Å². The summed E-state index contributed by atoms with van der Waals surface area (Å²) in [5, 5.41) is 9.50. The minimum absolute atomic E-state index is 0.0711. The van der Waals surface area contributed by atoms with E-state index in [2.05, 4.69) is 44.3 Å². The van der Waals surface area contributed by atoms with Crippen molar-refractivity contribution in [3.8, 4) is 33.8 Å². The smallest absolute Gasteiger partial charge is 0.338 e. The van der Waals surface area contributed by atoms with Crippen LogP contribution < -0.4 is 9.47 Å². The van der Waals surface area contributed by atoms with E-state index in [1.807, 2.05) is 30.3 Å². The van der Waals surface area contributed by atoms with Crippen LogP contribution in [0.3, 0.4) is 0 Å². The van der Waals surface area contributed by atoms with Gasteiger partial charge >= 0.3 is 11.9 Å². The lowest BCUT2D eigenvalue weighted by Gasteiger charge is -2.15. The average molecular weight is 541 g/mol. The summed E-state index contributed by atoms with van der Waals surface area (Å²) in [6.07, 6.45) is 8.49. The number of aliphatic hydroxyl groups excluding tert-OH is 1. The van der Waals surface area contributed by atoms with E-state index in [0.29, 0.717) is 23.5 Å². The number of hydrogen-bond donors (Lipinski definition) is 1. The number of ether oxygens (including phenoxy) is 3. The molecule has 0 aliphatic carbocycles. The van der Waals surface area contributed by atoms with Gasteiger partial charge < -0.3 is 19.3 Å². The Bertz CT molecular complexity index is 1370. The van der Waals surface area contributed by atoms with E-state index < -0.39 is 11.9 Å². The van der Waals surface area contributed by atoms with Crippen LogP contribution >= 0.6 is 0 Å². The quantitative estimate of drug-likeness (QED) is 0.0757. The molecule has 0 aliphatic rings. The number of unbranched alkanes of at least 4 members (excludes halogenated alkanes) is 2. The molecular formula is C34H36O6. The van der Waals surface area contributed by atoms with Gasteiger partial charge in [-0.3, -0.25) is 0 Å². The number of carbonyl (C=O) groups is 2. The molecule has 0 radical (unpaired) electrons. The molecule has 0 saturated carbocycles. The minimum Gasteiger partial charge on any atom is -0.461 e. The van der Waals surface area contributed by atoms with Crippen molar-refractivity contribution in [3.63, 3.8) is 0 Å². The van der Waals surface area contributed by atoms with E-state index in [0.717, 1.165) is 41.0 Å². The molecule has 0 aliphatic heterocycles. The molecule has 3 rings (SSSR count). The zero-order chi connectivity index (χ0) is 28.9. The zero-order valence-corrected chi connectivity index (χ0v) is 23.2. The third kappa shape index (κ3) is 8.55. The number of rotatable bonds is 14. The van der Waals surface area contributed by atoms with Crippen molar-refractivity contribution < 1.29 is 28.9 Å². The highest BCUT2D eigenvalue weighted by Crippen LogP contribution is 2.37. The van der Waals surface area contributed by atoms with Crippen molar-refractivity contribution in [2.24, 2.45) is 0 Å². The van der Waals surface area contributed by atoms with Gasteiger partial charge in [0.25, 0.3) is 0 Å². The maximum atomic E-state index is 12.2. The molecule has 6 heteroatoms. The second-order valence-corrected chi connectivity index (χ2v) is 9.36. The molecule has 1 N–H and O–H groups in total. The Labute approximate surface area is 236 Å². The van der Waals surface area contributed by atoms with Crippen LogP contribution in [0.2, 0.25) is 0 Å². The number of esters is 2. The third-order valence-electron chi connectivity index (χ3n) is 6.25. The van der Waals surface area contributed by atoms with Crippen LogP contribution in [0.4, 0.5) is 0 Å². The number of aliphatic hydroxyl groups is 1. The summed E-state index contributed by atoms with van der Waals surface area (Å²) < 4.78 is 16.3. The monoisotopic (exact) mass is 540 g/mol. The topological polar surface area (TPSA) is 82.1 Å². The van der Waals surface area contributed by atoms with Gasteiger partial charge in [0.2, 0.25) is 0 Å². The largest absolute Gasteiger partial charge is 0.461 e. The average Bonchev–Trinajstić information content (AvgIpc) is 2.96. The summed E-state index contributed by atoms with van der Waals surface area (Å²) in [6, 6.07) is 19.6. The summed E-state index contributed by atoms with van der Waals surface area (Å²) in [4.78, 5) is 23.8. The van der Waals surface area contributed by atoms with Crippen molar-refractivity contribution in [1.29, 1.82) is 0 Å². The first kappa shape index (κ1) is 30.1. The van der Waals surface area contributed by atoms with E-state index in [1.165, 1.54) is 31.1 Å². The molecule has 208 valence electrons. The summed E-state index contributed by atoms with van der Waals surface area (Å²) in [7, 11) is 0. The number of hydrogen-bond acceptors (Lipinski definition) is 6. The molecule has 40 heavy (non-hydrogen) atoms. The number of aryl methyl sites for hydroxylation is 1. The normalized spacial score (nSPS) is 10.8. The highest BCUT2D eigenvalue weighted by Gasteiger charge is 2.14. The van der Waals surface area contributed by atoms with Crippen molar-refractivity contribution in [1.82, 2.24) is 0 Å². The van der Waals surface area contributed by atoms with Crippen LogP contribution in [-0.4, -0.2) is 23.7 Å². The molecule has 3 aromatic carbocycles. The van der Waals surface area contributed by atoms with Crippen molar-refractivity contribution in [2.45, 2.75) is 46.0 Å². The van der Waals surface area contributed by atoms with Crippen molar-refractivity contribution >= 4 is 11.9 Å². The minimum atomic E-state index is -0.569. The lowest BCUT2D eigenvalue weighted by molar-refractivity contribution is -0.133. The van der Waals surface area contributed by atoms with E-state index in [1.54, 1.807) is 13.0 Å². The maximum Gasteiger partial charge on any atom is 0.338 e. The molecule has 0 aromatic heterocycles. The predicted molar refractivity (Wildman–Crippen MR) is 158 cm³/mol. The summed E-state index contributed by atoms with van der Waals surface area (Å²) >= 11 is 0. The Hall–Kier alpha value is -4.42. The second-order valence-electron chi connectivity index (χ2n) is 9.36. The molecule has 0 amide bonds. The Balaban J connectivity index is 1.94. The van der Waals surface area contributed by atoms with E-state index >= 15 is 0 Å². The van der Waals surface area contributed by atoms with Gasteiger partial charge in [0.15, 0.2) is 0 Å². The van der Waals surface area contributed by atoms with Crippen LogP contribution in [0.15, 0.2) is 98.0 Å². The van der Waals surface area contributed by atoms with Crippen LogP contribution in [0.1, 0.15) is 44.2 Å². The first-order valence-electron chi connectivity index (χ1n) is 13.4. The number of benzene rings is 3. The highest BCUT2D eigenvalue weighted by atomic mass is 16.5. The Morgan fingerprint density at radius 2 is 1.57 bits per heavy atom. The zero-order valence-electron chi connectivity index (χ0n) is 23.2. The standard InChI is InChI=1S/C34H36O6/c1-5-7-8-9-25-10-12-26(13-11-25)28-16-17-30(32(22-28)40-33(36)6-2)29-15-14-27(18-19-35)31(23-29)38-20-21-39-34(37)24(3)4/h6,10-17,20-23,35H,2-3,5,7-9,18-19H2,1,4H3/b21-20+. The van der Waals surface area contributed by atoms with E-state index in [9.17, 15) is 14.7 Å². The third-order valence-corrected chi connectivity index (χ3v) is 6.25. The maximum absolute atomic E-state index is 12.2. The molecular weight excluding hydrogens is 504 g/mol. The van der Waals surface area contributed by atoms with Crippen molar-refractivity contribution in [2.75, 3.05) is 6.61 Å². The molecule has 0 atom stereocenters. The molecule has 0 bridgehead atoms. The predicted octanol–water partition coefficient (Wildman–Crippen LogP) is 7.35. The van der Waals surface area contributed by atoms with Crippen LogP contribution in [-0.2, 0) is 27.2 Å². The van der Waals surface area contributed by atoms with Gasteiger partial charge in [-0.15, -0.1) is 0 Å². The molecule has 3 aromatic rings. The fraction of sp³-hybridized carbons (Fsp3) is 0.235. The van der Waals surface area contributed by atoms with E-state index in [-0.39, 0.29) is 12.2 Å². The highest BCUT2D eigenvalue weighted by molar-refractivity contribution is 5.87. The Morgan fingerprint density at radius 1 is 0.875 bits per heavy atom. The van der Waals surface area contributed by atoms with Crippen LogP contribution in [0.25, 0.3) is 22.3 Å². The first-order valence-corrected chi connectivity index (χ1v) is 13.4. The molecule has 0 saturated heterocycles. The second kappa shape index (κ2) is 15.2. The summed E-state index contributed by atoms with van der Waals surface area (Å²) in [6.45, 7) is 10.7. The molecule has 0 unspecified atom stereocenters. The van der Waals surface area contributed by atoms with Crippen LogP contribution in [0.5, 0.6) is 11.5 Å². The fourth-order valence-corrected chi connectivity index (χ4v) is 4.07. The number of carbonyl (C=O) groups excluding carboxylic acids is 2. The first-order chi connectivity index (χ1) is 19.4. The van der Waals surface area contributed by atoms with Gasteiger partial charge in [-0.1, -0.05) is 81.5 Å². The fourth-order valence-electron chi connectivity index (χ4n) is 4.07. The van der Waals surface area contributed by atoms with Crippen LogP contribution in [0, 0.1) is 0 Å². The van der Waals surface area contributed by atoms with Crippen molar-refractivity contribution in [3.05, 3.63) is 109 Å². The van der Waals surface area contributed by atoms with Gasteiger partial charge in [0.1, 0.15) is 24.0 Å². The van der Waals surface area contributed by atoms with Gasteiger partial charge in [-0.2, -0.15) is 0 Å². The SMILES string of the molecule is C=CC(=O)Oc1cc(-c2ccc(CCCCC)cc2)ccc1-c1ccc(CCO)c(O/C=C/OC(=O)C(=C)C)c1. The Kier molecular flexibility index (Phi) is 11.5. The Morgan fingerprint density at radius 3 is 2.25 bits per heavy atom. The van der Waals surface area contributed by atoms with Gasteiger partial charge in [0.05, 0.1) is 0 Å². The van der Waals surface area contributed by atoms with E-state index in [4.69, 9.17) is 14.2 Å². The molecule has 6 nitrogen and oxygen atoms in total. The lowest BCUT2D eigenvalue weighted by atomic mass is 9.96. The molecule has 0 heterocycles. The summed E-state index contributed by atoms with van der Waals surface area (Å²) in [5.74, 6) is -0.302. The van der Waals surface area contributed by atoms with Gasteiger partial charge in [0, 0.05) is 23.8 Å². The molecule has 0 fully saturated rings. The summed E-state index contributed by atoms with van der Waals surface area (Å²) in [5.41, 5.74) is 5.64. The molecule has 0 spiro atoms. The lowest BCUT2D eigenvalue weighted by Crippen LogP contribution is -2.04.